The summed E-state index contributed by atoms with van der Waals surface area (Å²) in [5.74, 6) is -0.722. The van der Waals surface area contributed by atoms with Crippen LogP contribution in [0.15, 0.2) is 24.3 Å². The van der Waals surface area contributed by atoms with Crippen LogP contribution in [-0.2, 0) is 16.0 Å². The molecule has 0 aromatic heterocycles. The molecular formula is C16H21NO3. The van der Waals surface area contributed by atoms with Crippen LogP contribution >= 0.6 is 0 Å². The predicted molar refractivity (Wildman–Crippen MR) is 77.1 cm³/mol. The molecule has 1 atom stereocenters. The van der Waals surface area contributed by atoms with Crippen LogP contribution < -0.4 is 4.90 Å². The Hall–Kier alpha value is -1.55. The van der Waals surface area contributed by atoms with Crippen LogP contribution in [0.5, 0.6) is 0 Å². The van der Waals surface area contributed by atoms with Gasteiger partial charge in [-0.2, -0.15) is 0 Å². The smallest absolute Gasteiger partial charge is 0.313 e. The molecule has 0 saturated carbocycles. The van der Waals surface area contributed by atoms with E-state index in [0.29, 0.717) is 26.2 Å². The number of carboxylic acids is 1. The number of benzene rings is 1. The van der Waals surface area contributed by atoms with Gasteiger partial charge < -0.3 is 14.7 Å². The van der Waals surface area contributed by atoms with Gasteiger partial charge in [0.2, 0.25) is 0 Å². The predicted octanol–water partition coefficient (Wildman–Crippen LogP) is 2.32. The van der Waals surface area contributed by atoms with Gasteiger partial charge in [-0.1, -0.05) is 18.2 Å². The molecule has 2 heterocycles. The standard InChI is InChI=1S/C16H21NO3/c18-15(19)16(8-4-10-20-12-16)11-17-9-3-6-13-5-1-2-7-14(13)17/h1-2,5,7H,3-4,6,8-12H2,(H,18,19). The Labute approximate surface area is 119 Å². The first-order valence-electron chi connectivity index (χ1n) is 7.35. The highest BCUT2D eigenvalue weighted by atomic mass is 16.5. The second-order valence-corrected chi connectivity index (χ2v) is 5.90. The molecule has 0 bridgehead atoms. The highest BCUT2D eigenvalue weighted by Gasteiger charge is 2.42. The monoisotopic (exact) mass is 275 g/mol. The number of fused-ring (bicyclic) bond motifs is 1. The summed E-state index contributed by atoms with van der Waals surface area (Å²) in [5, 5.41) is 9.66. The second kappa shape index (κ2) is 5.44. The average Bonchev–Trinajstić information content (AvgIpc) is 2.48. The molecular weight excluding hydrogens is 254 g/mol. The van der Waals surface area contributed by atoms with E-state index in [-0.39, 0.29) is 0 Å². The quantitative estimate of drug-likeness (QED) is 0.919. The molecule has 2 aliphatic rings. The van der Waals surface area contributed by atoms with E-state index in [1.807, 2.05) is 6.07 Å². The normalized spacial score (nSPS) is 26.1. The minimum Gasteiger partial charge on any atom is -0.481 e. The molecule has 1 fully saturated rings. The summed E-state index contributed by atoms with van der Waals surface area (Å²) in [5.41, 5.74) is 1.78. The molecule has 1 aromatic carbocycles. The number of carbonyl (C=O) groups is 1. The molecule has 1 unspecified atom stereocenters. The van der Waals surface area contributed by atoms with Gasteiger partial charge in [-0.05, 0) is 37.3 Å². The number of ether oxygens (including phenoxy) is 1. The highest BCUT2D eigenvalue weighted by Crippen LogP contribution is 2.34. The van der Waals surface area contributed by atoms with E-state index >= 15 is 0 Å². The fraction of sp³-hybridized carbons (Fsp3) is 0.562. The zero-order chi connectivity index (χ0) is 14.0. The largest absolute Gasteiger partial charge is 0.481 e. The molecule has 108 valence electrons. The van der Waals surface area contributed by atoms with Crippen molar-refractivity contribution in [2.75, 3.05) is 31.2 Å². The lowest BCUT2D eigenvalue weighted by Gasteiger charge is -2.40. The maximum absolute atomic E-state index is 11.8. The van der Waals surface area contributed by atoms with Gasteiger partial charge in [0.1, 0.15) is 5.41 Å². The Morgan fingerprint density at radius 2 is 2.20 bits per heavy atom. The molecule has 1 saturated heterocycles. The molecule has 1 aromatic rings. The van der Waals surface area contributed by atoms with Crippen molar-refractivity contribution in [2.24, 2.45) is 5.41 Å². The Morgan fingerprint density at radius 3 is 2.95 bits per heavy atom. The van der Waals surface area contributed by atoms with Gasteiger partial charge >= 0.3 is 5.97 Å². The minimum absolute atomic E-state index is 0.334. The van der Waals surface area contributed by atoms with Gasteiger partial charge in [0, 0.05) is 25.4 Å². The van der Waals surface area contributed by atoms with Crippen molar-refractivity contribution in [3.8, 4) is 0 Å². The van der Waals surface area contributed by atoms with E-state index in [1.165, 1.54) is 11.3 Å². The number of aryl methyl sites for hydroxylation is 1. The fourth-order valence-corrected chi connectivity index (χ4v) is 3.35. The zero-order valence-electron chi connectivity index (χ0n) is 11.7. The SMILES string of the molecule is O=C(O)C1(CN2CCCc3ccccc32)CCCOC1. The molecule has 0 amide bonds. The molecule has 4 heteroatoms. The molecule has 0 radical (unpaired) electrons. The second-order valence-electron chi connectivity index (χ2n) is 5.90. The Morgan fingerprint density at radius 1 is 1.35 bits per heavy atom. The first kappa shape index (κ1) is 13.4. The van der Waals surface area contributed by atoms with Gasteiger partial charge in [0.25, 0.3) is 0 Å². The summed E-state index contributed by atoms with van der Waals surface area (Å²) in [6, 6.07) is 8.33. The maximum atomic E-state index is 11.8. The summed E-state index contributed by atoms with van der Waals surface area (Å²) in [7, 11) is 0. The van der Waals surface area contributed by atoms with Crippen molar-refractivity contribution in [1.29, 1.82) is 0 Å². The number of para-hydroxylation sites is 1. The summed E-state index contributed by atoms with van der Waals surface area (Å²) >= 11 is 0. The molecule has 20 heavy (non-hydrogen) atoms. The van der Waals surface area contributed by atoms with Crippen molar-refractivity contribution in [1.82, 2.24) is 0 Å². The van der Waals surface area contributed by atoms with E-state index < -0.39 is 11.4 Å². The van der Waals surface area contributed by atoms with Crippen LogP contribution in [-0.4, -0.2) is 37.4 Å². The van der Waals surface area contributed by atoms with Gasteiger partial charge in [-0.3, -0.25) is 4.79 Å². The first-order chi connectivity index (χ1) is 9.71. The van der Waals surface area contributed by atoms with Crippen LogP contribution in [0.2, 0.25) is 0 Å². The fourth-order valence-electron chi connectivity index (χ4n) is 3.35. The number of hydrogen-bond donors (Lipinski definition) is 1. The van der Waals surface area contributed by atoms with Gasteiger partial charge in [0.05, 0.1) is 6.61 Å². The number of aliphatic carboxylic acids is 1. The molecule has 2 aliphatic heterocycles. The van der Waals surface area contributed by atoms with Crippen molar-refractivity contribution in [3.63, 3.8) is 0 Å². The van der Waals surface area contributed by atoms with E-state index in [2.05, 4.69) is 23.1 Å². The third kappa shape index (κ3) is 2.40. The van der Waals surface area contributed by atoms with Crippen LogP contribution in [0, 0.1) is 5.41 Å². The van der Waals surface area contributed by atoms with E-state index in [1.54, 1.807) is 0 Å². The van der Waals surface area contributed by atoms with Crippen molar-refractivity contribution < 1.29 is 14.6 Å². The van der Waals surface area contributed by atoms with E-state index in [4.69, 9.17) is 4.74 Å². The maximum Gasteiger partial charge on any atom is 0.313 e. The van der Waals surface area contributed by atoms with E-state index in [0.717, 1.165) is 25.8 Å². The Kier molecular flexibility index (Phi) is 3.66. The van der Waals surface area contributed by atoms with Gasteiger partial charge in [0.15, 0.2) is 0 Å². The summed E-state index contributed by atoms with van der Waals surface area (Å²) in [4.78, 5) is 14.0. The molecule has 0 spiro atoms. The topological polar surface area (TPSA) is 49.8 Å². The highest BCUT2D eigenvalue weighted by molar-refractivity contribution is 5.76. The number of hydrogen-bond acceptors (Lipinski definition) is 3. The summed E-state index contributed by atoms with van der Waals surface area (Å²) < 4.78 is 5.47. The number of anilines is 1. The summed E-state index contributed by atoms with van der Waals surface area (Å²) in [6.45, 7) is 2.51. The molecule has 1 N–H and O–H groups in total. The molecule has 4 nitrogen and oxygen atoms in total. The lowest BCUT2D eigenvalue weighted by molar-refractivity contribution is -0.156. The van der Waals surface area contributed by atoms with Crippen LogP contribution in [0.1, 0.15) is 24.8 Å². The van der Waals surface area contributed by atoms with E-state index in [9.17, 15) is 9.90 Å². The summed E-state index contributed by atoms with van der Waals surface area (Å²) in [6.07, 6.45) is 3.72. The molecule has 3 rings (SSSR count). The zero-order valence-corrected chi connectivity index (χ0v) is 11.7. The third-order valence-corrected chi connectivity index (χ3v) is 4.48. The van der Waals surface area contributed by atoms with Gasteiger partial charge in [-0.15, -0.1) is 0 Å². The van der Waals surface area contributed by atoms with Gasteiger partial charge in [-0.25, -0.2) is 0 Å². The number of rotatable bonds is 3. The Bertz CT molecular complexity index is 494. The van der Waals surface area contributed by atoms with Crippen LogP contribution in [0.25, 0.3) is 0 Å². The van der Waals surface area contributed by atoms with Crippen LogP contribution in [0.4, 0.5) is 5.69 Å². The number of nitrogens with zero attached hydrogens (tertiary/aromatic N) is 1. The lowest BCUT2D eigenvalue weighted by Crippen LogP contribution is -2.49. The van der Waals surface area contributed by atoms with Crippen molar-refractivity contribution in [2.45, 2.75) is 25.7 Å². The lowest BCUT2D eigenvalue weighted by atomic mass is 9.81. The number of carboxylic acid groups (broad SMARTS) is 1. The minimum atomic E-state index is -0.747. The first-order valence-corrected chi connectivity index (χ1v) is 7.35. The van der Waals surface area contributed by atoms with Crippen LogP contribution in [0.3, 0.4) is 0 Å². The van der Waals surface area contributed by atoms with Crippen molar-refractivity contribution >= 4 is 11.7 Å². The third-order valence-electron chi connectivity index (χ3n) is 4.48. The molecule has 0 aliphatic carbocycles. The Balaban J connectivity index is 1.85. The average molecular weight is 275 g/mol. The van der Waals surface area contributed by atoms with Crippen molar-refractivity contribution in [3.05, 3.63) is 29.8 Å².